The van der Waals surface area contributed by atoms with Gasteiger partial charge >= 0.3 is 0 Å². The molecule has 1 aliphatic rings. The normalized spacial score (nSPS) is 27.8. The largest absolute Gasteiger partial charge is 0.349 e. The second kappa shape index (κ2) is 5.66. The second-order valence-electron chi connectivity index (χ2n) is 6.58. The molecule has 1 fully saturated rings. The van der Waals surface area contributed by atoms with Crippen molar-refractivity contribution in [1.82, 2.24) is 5.32 Å². The minimum atomic E-state index is 0.122. The van der Waals surface area contributed by atoms with Crippen molar-refractivity contribution in [2.45, 2.75) is 53.0 Å². The van der Waals surface area contributed by atoms with Gasteiger partial charge in [0.1, 0.15) is 0 Å². The van der Waals surface area contributed by atoms with Crippen LogP contribution >= 0.6 is 11.3 Å². The van der Waals surface area contributed by atoms with Gasteiger partial charge in [-0.25, -0.2) is 0 Å². The molecule has 19 heavy (non-hydrogen) atoms. The van der Waals surface area contributed by atoms with Gasteiger partial charge in [0.2, 0.25) is 5.91 Å². The number of carbonyl (C=O) groups is 1. The van der Waals surface area contributed by atoms with Crippen LogP contribution in [0.4, 0.5) is 0 Å². The summed E-state index contributed by atoms with van der Waals surface area (Å²) in [6, 6.07) is 4.25. The topological polar surface area (TPSA) is 29.1 Å². The summed E-state index contributed by atoms with van der Waals surface area (Å²) < 4.78 is 0. The van der Waals surface area contributed by atoms with Gasteiger partial charge in [-0.3, -0.25) is 4.79 Å². The number of carbonyl (C=O) groups excluding carboxylic acids is 1. The van der Waals surface area contributed by atoms with Crippen molar-refractivity contribution in [3.63, 3.8) is 0 Å². The third-order valence-corrected chi connectivity index (χ3v) is 5.56. The Morgan fingerprint density at radius 3 is 2.84 bits per heavy atom. The summed E-state index contributed by atoms with van der Waals surface area (Å²) >= 11 is 1.71. The molecule has 3 atom stereocenters. The molecule has 1 unspecified atom stereocenters. The first-order valence-corrected chi connectivity index (χ1v) is 8.13. The van der Waals surface area contributed by atoms with E-state index in [1.807, 2.05) is 6.07 Å². The number of thiophene rings is 1. The van der Waals surface area contributed by atoms with E-state index >= 15 is 0 Å². The minimum Gasteiger partial charge on any atom is -0.349 e. The molecule has 0 saturated heterocycles. The van der Waals surface area contributed by atoms with Crippen LogP contribution in [0.25, 0.3) is 0 Å². The first kappa shape index (κ1) is 14.6. The number of nitrogens with one attached hydrogen (secondary N) is 1. The molecule has 0 radical (unpaired) electrons. The maximum Gasteiger partial charge on any atom is 0.224 e. The first-order valence-electron chi connectivity index (χ1n) is 7.25. The molecular formula is C16H25NOS. The highest BCUT2D eigenvalue weighted by Gasteiger charge is 2.41. The zero-order valence-corrected chi connectivity index (χ0v) is 13.2. The number of rotatable bonds is 3. The maximum atomic E-state index is 12.6. The van der Waals surface area contributed by atoms with Gasteiger partial charge in [0.05, 0.1) is 6.04 Å². The van der Waals surface area contributed by atoms with Gasteiger partial charge < -0.3 is 5.32 Å². The molecule has 1 heterocycles. The Balaban J connectivity index is 2.06. The van der Waals surface area contributed by atoms with Crippen LogP contribution in [0.15, 0.2) is 17.5 Å². The molecule has 0 bridgehead atoms. The van der Waals surface area contributed by atoms with Gasteiger partial charge in [0.15, 0.2) is 0 Å². The maximum absolute atomic E-state index is 12.6. The fraction of sp³-hybridized carbons (Fsp3) is 0.688. The van der Waals surface area contributed by atoms with E-state index in [2.05, 4.69) is 44.5 Å². The van der Waals surface area contributed by atoms with Crippen molar-refractivity contribution in [1.29, 1.82) is 0 Å². The van der Waals surface area contributed by atoms with E-state index < -0.39 is 0 Å². The second-order valence-corrected chi connectivity index (χ2v) is 7.56. The Morgan fingerprint density at radius 2 is 2.26 bits per heavy atom. The lowest BCUT2D eigenvalue weighted by molar-refractivity contribution is -0.133. The van der Waals surface area contributed by atoms with Gasteiger partial charge in [-0.05, 0) is 42.5 Å². The van der Waals surface area contributed by atoms with Gasteiger partial charge in [-0.2, -0.15) is 0 Å². The van der Waals surface area contributed by atoms with E-state index in [1.165, 1.54) is 17.7 Å². The van der Waals surface area contributed by atoms with Crippen molar-refractivity contribution >= 4 is 17.2 Å². The molecule has 106 valence electrons. The standard InChI is InChI=1S/C16H25NOS/c1-11-7-5-9-16(3,4)14(11)15(18)17-12(2)13-8-6-10-19-13/h6,8,10-12,14H,5,7,9H2,1-4H3,(H,17,18)/t11-,12?,14-/m1/s1. The van der Waals surface area contributed by atoms with Crippen molar-refractivity contribution in [2.24, 2.45) is 17.3 Å². The van der Waals surface area contributed by atoms with Crippen LogP contribution in [0.3, 0.4) is 0 Å². The van der Waals surface area contributed by atoms with E-state index in [-0.39, 0.29) is 23.3 Å². The molecule has 1 N–H and O–H groups in total. The summed E-state index contributed by atoms with van der Waals surface area (Å²) in [5, 5.41) is 5.27. The van der Waals surface area contributed by atoms with Crippen LogP contribution in [0, 0.1) is 17.3 Å². The third kappa shape index (κ3) is 3.19. The smallest absolute Gasteiger partial charge is 0.224 e. The van der Waals surface area contributed by atoms with Crippen LogP contribution in [0.2, 0.25) is 0 Å². The van der Waals surface area contributed by atoms with E-state index in [9.17, 15) is 4.79 Å². The molecule has 0 aromatic carbocycles. The lowest BCUT2D eigenvalue weighted by atomic mass is 9.64. The van der Waals surface area contributed by atoms with Gasteiger partial charge in [-0.15, -0.1) is 11.3 Å². The van der Waals surface area contributed by atoms with Crippen LogP contribution in [-0.4, -0.2) is 5.91 Å². The Hall–Kier alpha value is -0.830. The molecule has 0 spiro atoms. The fourth-order valence-corrected chi connectivity index (χ4v) is 4.23. The summed E-state index contributed by atoms with van der Waals surface area (Å²) in [7, 11) is 0. The summed E-state index contributed by atoms with van der Waals surface area (Å²) in [5.41, 5.74) is 0.122. The van der Waals surface area contributed by atoms with Crippen LogP contribution < -0.4 is 5.32 Å². The van der Waals surface area contributed by atoms with E-state index in [4.69, 9.17) is 0 Å². The molecule has 1 aromatic rings. The van der Waals surface area contributed by atoms with Crippen molar-refractivity contribution in [3.8, 4) is 0 Å². The average Bonchev–Trinajstić information content (AvgIpc) is 2.80. The molecule has 1 aliphatic carbocycles. The highest BCUT2D eigenvalue weighted by Crippen LogP contribution is 2.44. The highest BCUT2D eigenvalue weighted by molar-refractivity contribution is 7.10. The molecule has 1 saturated carbocycles. The molecule has 0 aliphatic heterocycles. The first-order chi connectivity index (χ1) is 8.92. The van der Waals surface area contributed by atoms with E-state index in [0.29, 0.717) is 5.92 Å². The minimum absolute atomic E-state index is 0.122. The predicted molar refractivity (Wildman–Crippen MR) is 81.2 cm³/mol. The third-order valence-electron chi connectivity index (χ3n) is 4.50. The van der Waals surface area contributed by atoms with Gasteiger partial charge in [-0.1, -0.05) is 33.3 Å². The molecule has 2 rings (SSSR count). The monoisotopic (exact) mass is 279 g/mol. The van der Waals surface area contributed by atoms with Crippen LogP contribution in [0.1, 0.15) is 57.9 Å². The summed E-state index contributed by atoms with van der Waals surface area (Å²) in [6.45, 7) is 8.77. The zero-order chi connectivity index (χ0) is 14.0. The lowest BCUT2D eigenvalue weighted by Gasteiger charge is -2.42. The van der Waals surface area contributed by atoms with Gasteiger partial charge in [0.25, 0.3) is 0 Å². The molecular weight excluding hydrogens is 254 g/mol. The lowest BCUT2D eigenvalue weighted by Crippen LogP contribution is -2.45. The molecule has 1 aromatic heterocycles. The Morgan fingerprint density at radius 1 is 1.53 bits per heavy atom. The summed E-state index contributed by atoms with van der Waals surface area (Å²) in [6.07, 6.45) is 3.58. The molecule has 2 nitrogen and oxygen atoms in total. The van der Waals surface area contributed by atoms with E-state index in [1.54, 1.807) is 11.3 Å². The van der Waals surface area contributed by atoms with Crippen molar-refractivity contribution < 1.29 is 4.79 Å². The Kier molecular flexibility index (Phi) is 4.34. The highest BCUT2D eigenvalue weighted by atomic mass is 32.1. The van der Waals surface area contributed by atoms with Crippen LogP contribution in [0.5, 0.6) is 0 Å². The summed E-state index contributed by atoms with van der Waals surface area (Å²) in [4.78, 5) is 13.9. The SMILES string of the molecule is CC(NC(=O)[C@H]1[C@H](C)CCCC1(C)C)c1cccs1. The quantitative estimate of drug-likeness (QED) is 0.873. The van der Waals surface area contributed by atoms with Crippen molar-refractivity contribution in [3.05, 3.63) is 22.4 Å². The number of amides is 1. The average molecular weight is 279 g/mol. The molecule has 3 heteroatoms. The van der Waals surface area contributed by atoms with Crippen molar-refractivity contribution in [2.75, 3.05) is 0 Å². The number of hydrogen-bond donors (Lipinski definition) is 1. The molecule has 1 amide bonds. The zero-order valence-electron chi connectivity index (χ0n) is 12.4. The summed E-state index contributed by atoms with van der Waals surface area (Å²) in [5.74, 6) is 0.862. The predicted octanol–water partition coefficient (Wildman–Crippen LogP) is 4.39. The Bertz CT molecular complexity index is 424. The fourth-order valence-electron chi connectivity index (χ4n) is 3.50. The Labute approximate surface area is 120 Å². The van der Waals surface area contributed by atoms with Crippen LogP contribution in [-0.2, 0) is 4.79 Å². The van der Waals surface area contributed by atoms with E-state index in [0.717, 1.165) is 6.42 Å². The number of hydrogen-bond acceptors (Lipinski definition) is 2. The van der Waals surface area contributed by atoms with Gasteiger partial charge in [0, 0.05) is 10.8 Å².